The van der Waals surface area contributed by atoms with E-state index in [0.29, 0.717) is 19.3 Å². The lowest BCUT2D eigenvalue weighted by Gasteiger charge is -2.18. The van der Waals surface area contributed by atoms with Gasteiger partial charge in [0.1, 0.15) is 13.2 Å². The quantitative estimate of drug-likeness (QED) is 0.0261. The molecule has 0 N–H and O–H groups in total. The van der Waals surface area contributed by atoms with Crippen molar-refractivity contribution in [1.29, 1.82) is 0 Å². The van der Waals surface area contributed by atoms with Gasteiger partial charge in [0.05, 0.1) is 0 Å². The highest BCUT2D eigenvalue weighted by Gasteiger charge is 2.19. The molecule has 0 aromatic heterocycles. The number of allylic oxidation sites excluding steroid dienone is 4. The third-order valence-corrected chi connectivity index (χ3v) is 14.4. The fraction of sp³-hybridized carbons (Fsp3) is 0.892. The SMILES string of the molecule is CCCCCCCC/C=C/CCCCCCCCCCCC(=O)OC[C@@H](COC(=O)CCCCCCCCCCCCCCCCCCC)OC(=O)CCCCCCCCC/C=C/CCCCCCCC. The molecule has 0 bridgehead atoms. The highest BCUT2D eigenvalue weighted by molar-refractivity contribution is 5.71. The molecule has 0 saturated heterocycles. The summed E-state index contributed by atoms with van der Waals surface area (Å²) in [5, 5.41) is 0. The van der Waals surface area contributed by atoms with Crippen LogP contribution in [0.2, 0.25) is 0 Å². The summed E-state index contributed by atoms with van der Waals surface area (Å²) in [6.07, 6.45) is 71.7. The summed E-state index contributed by atoms with van der Waals surface area (Å²) in [6, 6.07) is 0. The van der Waals surface area contributed by atoms with Crippen LogP contribution in [-0.4, -0.2) is 37.2 Å². The first-order valence-electron chi connectivity index (χ1n) is 31.8. The number of esters is 3. The molecule has 0 aliphatic heterocycles. The number of hydrogen-bond donors (Lipinski definition) is 0. The van der Waals surface area contributed by atoms with Crippen molar-refractivity contribution in [2.75, 3.05) is 13.2 Å². The zero-order chi connectivity index (χ0) is 51.4. The fourth-order valence-electron chi connectivity index (χ4n) is 9.61. The molecule has 0 aromatic carbocycles. The monoisotopic (exact) mass is 999 g/mol. The smallest absolute Gasteiger partial charge is 0.306 e. The van der Waals surface area contributed by atoms with Gasteiger partial charge in [-0.05, 0) is 70.6 Å². The van der Waals surface area contributed by atoms with E-state index in [1.807, 2.05) is 0 Å². The Morgan fingerprint density at radius 1 is 0.268 bits per heavy atom. The third kappa shape index (κ3) is 58.7. The van der Waals surface area contributed by atoms with E-state index in [-0.39, 0.29) is 31.1 Å². The Bertz CT molecular complexity index is 1150. The Labute approximate surface area is 443 Å². The van der Waals surface area contributed by atoms with Crippen molar-refractivity contribution < 1.29 is 28.6 Å². The largest absolute Gasteiger partial charge is 0.462 e. The number of ether oxygens (including phenoxy) is 3. The molecule has 0 amide bonds. The summed E-state index contributed by atoms with van der Waals surface area (Å²) in [4.78, 5) is 38.3. The van der Waals surface area contributed by atoms with E-state index in [4.69, 9.17) is 14.2 Å². The molecule has 0 unspecified atom stereocenters. The van der Waals surface area contributed by atoms with Crippen molar-refractivity contribution in [3.63, 3.8) is 0 Å². The second-order valence-corrected chi connectivity index (χ2v) is 21.7. The predicted molar refractivity (Wildman–Crippen MR) is 307 cm³/mol. The van der Waals surface area contributed by atoms with Crippen LogP contribution in [0.25, 0.3) is 0 Å². The first kappa shape index (κ1) is 68.9. The van der Waals surface area contributed by atoms with Crippen LogP contribution in [0.4, 0.5) is 0 Å². The summed E-state index contributed by atoms with van der Waals surface area (Å²) in [6.45, 7) is 6.69. The summed E-state index contributed by atoms with van der Waals surface area (Å²) in [5.74, 6) is -0.849. The molecule has 0 rings (SSSR count). The zero-order valence-corrected chi connectivity index (χ0v) is 48.0. The van der Waals surface area contributed by atoms with Gasteiger partial charge in [-0.2, -0.15) is 0 Å². The van der Waals surface area contributed by atoms with Gasteiger partial charge < -0.3 is 14.2 Å². The molecule has 0 fully saturated rings. The van der Waals surface area contributed by atoms with E-state index in [1.54, 1.807) is 0 Å². The lowest BCUT2D eigenvalue weighted by molar-refractivity contribution is -0.167. The van der Waals surface area contributed by atoms with Gasteiger partial charge in [0.2, 0.25) is 0 Å². The topological polar surface area (TPSA) is 78.9 Å². The predicted octanol–water partition coefficient (Wildman–Crippen LogP) is 21.4. The Morgan fingerprint density at radius 2 is 0.465 bits per heavy atom. The first-order chi connectivity index (χ1) is 35.0. The van der Waals surface area contributed by atoms with Gasteiger partial charge in [-0.15, -0.1) is 0 Å². The van der Waals surface area contributed by atoms with Gasteiger partial charge in [-0.3, -0.25) is 14.4 Å². The average Bonchev–Trinajstić information content (AvgIpc) is 3.37. The van der Waals surface area contributed by atoms with Gasteiger partial charge >= 0.3 is 17.9 Å². The number of carbonyl (C=O) groups excluding carboxylic acids is 3. The molecular formula is C65H122O6. The highest BCUT2D eigenvalue weighted by Crippen LogP contribution is 2.17. The zero-order valence-electron chi connectivity index (χ0n) is 48.0. The van der Waals surface area contributed by atoms with Crippen LogP contribution in [0.3, 0.4) is 0 Å². The van der Waals surface area contributed by atoms with Crippen molar-refractivity contribution in [3.05, 3.63) is 24.3 Å². The van der Waals surface area contributed by atoms with Crippen LogP contribution in [0.5, 0.6) is 0 Å². The molecule has 0 aliphatic carbocycles. The molecular weight excluding hydrogens is 877 g/mol. The van der Waals surface area contributed by atoms with E-state index < -0.39 is 6.10 Å². The van der Waals surface area contributed by atoms with E-state index >= 15 is 0 Å². The number of rotatable bonds is 59. The maximum Gasteiger partial charge on any atom is 0.306 e. The lowest BCUT2D eigenvalue weighted by Crippen LogP contribution is -2.30. The molecule has 6 heteroatoms. The highest BCUT2D eigenvalue weighted by atomic mass is 16.6. The number of unbranched alkanes of at least 4 members (excludes halogenated alkanes) is 44. The van der Waals surface area contributed by atoms with Gasteiger partial charge in [-0.1, -0.05) is 289 Å². The van der Waals surface area contributed by atoms with E-state index in [2.05, 4.69) is 45.1 Å². The maximum atomic E-state index is 12.9. The van der Waals surface area contributed by atoms with Crippen LogP contribution in [-0.2, 0) is 28.6 Å². The minimum Gasteiger partial charge on any atom is -0.462 e. The normalized spacial score (nSPS) is 12.1. The first-order valence-corrected chi connectivity index (χ1v) is 31.8. The van der Waals surface area contributed by atoms with Crippen LogP contribution < -0.4 is 0 Å². The van der Waals surface area contributed by atoms with Gasteiger partial charge in [-0.25, -0.2) is 0 Å². The second kappa shape index (κ2) is 60.4. The standard InChI is InChI=1S/C65H122O6/c1-4-7-10-13-16-19-22-25-28-31-32-35-37-40-43-46-49-52-55-58-64(67)70-61-62(71-65(68)59-56-53-50-47-44-41-38-34-30-27-24-21-18-15-12-9-6-3)60-69-63(66)57-54-51-48-45-42-39-36-33-29-26-23-20-17-14-11-8-5-2/h25,27-28,30,62H,4-24,26,29,31-61H2,1-3H3/b28-25+,30-27+/t62-/m1/s1. The van der Waals surface area contributed by atoms with E-state index in [9.17, 15) is 14.4 Å². The molecule has 1 atom stereocenters. The van der Waals surface area contributed by atoms with E-state index in [0.717, 1.165) is 57.8 Å². The molecule has 0 aromatic rings. The van der Waals surface area contributed by atoms with Crippen molar-refractivity contribution in [1.82, 2.24) is 0 Å². The molecule has 0 aliphatic rings. The summed E-state index contributed by atoms with van der Waals surface area (Å²) < 4.78 is 16.9. The average molecular weight is 1000 g/mol. The van der Waals surface area contributed by atoms with Gasteiger partial charge in [0, 0.05) is 19.3 Å². The van der Waals surface area contributed by atoms with Gasteiger partial charge in [0.15, 0.2) is 6.10 Å². The van der Waals surface area contributed by atoms with Crippen molar-refractivity contribution in [3.8, 4) is 0 Å². The summed E-state index contributed by atoms with van der Waals surface area (Å²) >= 11 is 0. The molecule has 0 saturated carbocycles. The summed E-state index contributed by atoms with van der Waals surface area (Å²) in [5.41, 5.74) is 0. The number of carbonyl (C=O) groups is 3. The molecule has 0 spiro atoms. The summed E-state index contributed by atoms with van der Waals surface area (Å²) in [7, 11) is 0. The Morgan fingerprint density at radius 3 is 0.704 bits per heavy atom. The molecule has 6 nitrogen and oxygen atoms in total. The van der Waals surface area contributed by atoms with Crippen LogP contribution in [0.15, 0.2) is 24.3 Å². The van der Waals surface area contributed by atoms with Crippen molar-refractivity contribution in [2.45, 2.75) is 361 Å². The van der Waals surface area contributed by atoms with Crippen LogP contribution in [0.1, 0.15) is 355 Å². The number of hydrogen-bond acceptors (Lipinski definition) is 6. The lowest BCUT2D eigenvalue weighted by atomic mass is 10.0. The molecule has 0 heterocycles. The Hall–Kier alpha value is -2.11. The Kier molecular flexibility index (Phi) is 58.6. The van der Waals surface area contributed by atoms with Crippen LogP contribution >= 0.6 is 0 Å². The Balaban J connectivity index is 4.32. The van der Waals surface area contributed by atoms with Crippen molar-refractivity contribution >= 4 is 17.9 Å². The minimum atomic E-state index is -0.771. The van der Waals surface area contributed by atoms with E-state index in [1.165, 1.54) is 257 Å². The maximum absolute atomic E-state index is 12.9. The third-order valence-electron chi connectivity index (χ3n) is 14.4. The van der Waals surface area contributed by atoms with Gasteiger partial charge in [0.25, 0.3) is 0 Å². The molecule has 0 radical (unpaired) electrons. The van der Waals surface area contributed by atoms with Crippen molar-refractivity contribution in [2.24, 2.45) is 0 Å². The van der Waals surface area contributed by atoms with Crippen LogP contribution in [0, 0.1) is 0 Å². The molecule has 418 valence electrons. The second-order valence-electron chi connectivity index (χ2n) is 21.7. The molecule has 71 heavy (non-hydrogen) atoms. The minimum absolute atomic E-state index is 0.0684. The fourth-order valence-corrected chi connectivity index (χ4v) is 9.61.